The number of carbonyl (C=O) groups is 1. The van der Waals surface area contributed by atoms with Crippen LogP contribution in [0.1, 0.15) is 71.1 Å². The Balaban J connectivity index is 1.58. The smallest absolute Gasteiger partial charge is 0.407 e. The molecule has 2 aromatic rings. The minimum atomic E-state index is -3.45. The second-order valence-electron chi connectivity index (χ2n) is 10.5. The van der Waals surface area contributed by atoms with Crippen LogP contribution in [0.4, 0.5) is 16.3 Å². The van der Waals surface area contributed by atoms with Gasteiger partial charge in [0.2, 0.25) is 10.0 Å². The van der Waals surface area contributed by atoms with E-state index in [1.54, 1.807) is 19.2 Å². The van der Waals surface area contributed by atoms with Crippen LogP contribution in [0.25, 0.3) is 0 Å². The summed E-state index contributed by atoms with van der Waals surface area (Å²) in [6.07, 6.45) is 1.93. The van der Waals surface area contributed by atoms with E-state index in [0.29, 0.717) is 11.4 Å². The maximum atomic E-state index is 12.6. The molecule has 1 aromatic heterocycles. The SMILES string of the molecule is CC(C)NC(=O)O[C@@H]1CC[C@H](c2cc(Nc3cccc4c3CN(C)S4(=O)=O)n(C(C)(C)C)n2)C1. The number of hydrogen-bond acceptors (Lipinski definition) is 6. The second kappa shape index (κ2) is 8.88. The molecule has 1 aliphatic heterocycles. The molecular formula is C24H35N5O4S. The first kappa shape index (κ1) is 24.5. The average molecular weight is 490 g/mol. The molecule has 4 rings (SSSR count). The summed E-state index contributed by atoms with van der Waals surface area (Å²) >= 11 is 0. The summed E-state index contributed by atoms with van der Waals surface area (Å²) in [7, 11) is -1.85. The van der Waals surface area contributed by atoms with Gasteiger partial charge < -0.3 is 15.4 Å². The van der Waals surface area contributed by atoms with Crippen molar-refractivity contribution >= 4 is 27.6 Å². The van der Waals surface area contributed by atoms with Crippen LogP contribution >= 0.6 is 0 Å². The number of rotatable bonds is 5. The van der Waals surface area contributed by atoms with Gasteiger partial charge in [0.05, 0.1) is 16.1 Å². The van der Waals surface area contributed by atoms with Gasteiger partial charge in [-0.25, -0.2) is 17.9 Å². The standard InChI is InChI=1S/C24H35N5O4S/c1-15(2)25-23(30)33-17-11-10-16(12-17)20-13-22(29(27-20)24(3,4)5)26-19-8-7-9-21-18(19)14-28(6)34(21,31)32/h7-9,13,15-17,26H,10-12,14H2,1-6H3,(H,25,30)/t16-,17+/m0/s1. The van der Waals surface area contributed by atoms with Crippen LogP contribution in [0.2, 0.25) is 0 Å². The molecule has 0 bridgehead atoms. The Morgan fingerprint density at radius 3 is 2.65 bits per heavy atom. The Morgan fingerprint density at radius 2 is 1.97 bits per heavy atom. The molecule has 0 unspecified atom stereocenters. The first-order valence-corrected chi connectivity index (χ1v) is 13.2. The lowest BCUT2D eigenvalue weighted by molar-refractivity contribution is 0.0981. The summed E-state index contributed by atoms with van der Waals surface area (Å²) in [6, 6.07) is 7.39. The molecule has 0 radical (unpaired) electrons. The number of alkyl carbamates (subject to hydrolysis) is 1. The Kier molecular flexibility index (Phi) is 6.41. The van der Waals surface area contributed by atoms with Gasteiger partial charge in [0.1, 0.15) is 11.9 Å². The van der Waals surface area contributed by atoms with Crippen molar-refractivity contribution in [3.8, 4) is 0 Å². The van der Waals surface area contributed by atoms with E-state index in [2.05, 4.69) is 31.4 Å². The van der Waals surface area contributed by atoms with E-state index in [-0.39, 0.29) is 29.7 Å². The molecule has 186 valence electrons. The van der Waals surface area contributed by atoms with Crippen LogP contribution in [0.5, 0.6) is 0 Å². The van der Waals surface area contributed by atoms with Crippen molar-refractivity contribution in [2.75, 3.05) is 12.4 Å². The van der Waals surface area contributed by atoms with Gasteiger partial charge in [-0.1, -0.05) is 6.07 Å². The molecule has 9 nitrogen and oxygen atoms in total. The third-order valence-electron chi connectivity index (χ3n) is 6.31. The number of nitrogens with one attached hydrogen (secondary N) is 2. The number of carbonyl (C=O) groups excluding carboxylic acids is 1. The number of amides is 1. The minimum absolute atomic E-state index is 0.0371. The normalized spacial score (nSPS) is 22.1. The molecule has 0 spiro atoms. The Morgan fingerprint density at radius 1 is 1.24 bits per heavy atom. The average Bonchev–Trinajstić information content (AvgIpc) is 3.39. The highest BCUT2D eigenvalue weighted by molar-refractivity contribution is 7.89. The van der Waals surface area contributed by atoms with E-state index in [1.807, 2.05) is 30.7 Å². The minimum Gasteiger partial charge on any atom is -0.446 e. The summed E-state index contributed by atoms with van der Waals surface area (Å²) < 4.78 is 34.1. The van der Waals surface area contributed by atoms with Crippen molar-refractivity contribution in [3.05, 3.63) is 35.5 Å². The van der Waals surface area contributed by atoms with Crippen LogP contribution in [0, 0.1) is 0 Å². The number of benzene rings is 1. The third kappa shape index (κ3) is 4.79. The van der Waals surface area contributed by atoms with Crippen molar-refractivity contribution in [2.45, 2.75) is 88.9 Å². The molecule has 2 atom stereocenters. The van der Waals surface area contributed by atoms with Gasteiger partial charge in [0.25, 0.3) is 0 Å². The molecule has 1 fully saturated rings. The van der Waals surface area contributed by atoms with Crippen molar-refractivity contribution in [3.63, 3.8) is 0 Å². The maximum Gasteiger partial charge on any atom is 0.407 e. The molecule has 2 aliphatic rings. The number of anilines is 2. The third-order valence-corrected chi connectivity index (χ3v) is 8.20. The van der Waals surface area contributed by atoms with E-state index in [4.69, 9.17) is 9.84 Å². The number of sulfonamides is 1. The fraction of sp³-hybridized carbons (Fsp3) is 0.583. The topological polar surface area (TPSA) is 106 Å². The molecule has 1 saturated carbocycles. The quantitative estimate of drug-likeness (QED) is 0.649. The van der Waals surface area contributed by atoms with Gasteiger partial charge >= 0.3 is 6.09 Å². The van der Waals surface area contributed by atoms with Gasteiger partial charge in [-0.15, -0.1) is 0 Å². The molecule has 10 heteroatoms. The van der Waals surface area contributed by atoms with Crippen LogP contribution < -0.4 is 10.6 Å². The zero-order valence-corrected chi connectivity index (χ0v) is 21.6. The lowest BCUT2D eigenvalue weighted by Gasteiger charge is -2.23. The number of ether oxygens (including phenoxy) is 1. The van der Waals surface area contributed by atoms with Crippen molar-refractivity contribution in [2.24, 2.45) is 0 Å². The highest BCUT2D eigenvalue weighted by Gasteiger charge is 2.35. The van der Waals surface area contributed by atoms with Gasteiger partial charge in [-0.05, 0) is 66.0 Å². The molecule has 1 aromatic carbocycles. The van der Waals surface area contributed by atoms with Gasteiger partial charge in [0, 0.05) is 42.9 Å². The zero-order valence-electron chi connectivity index (χ0n) is 20.8. The number of aromatic nitrogens is 2. The monoisotopic (exact) mass is 489 g/mol. The lowest BCUT2D eigenvalue weighted by Crippen LogP contribution is -2.33. The summed E-state index contributed by atoms with van der Waals surface area (Å²) in [5.74, 6) is 0.999. The Labute approximate surface area is 201 Å². The molecule has 2 N–H and O–H groups in total. The molecule has 2 heterocycles. The summed E-state index contributed by atoms with van der Waals surface area (Å²) in [6.45, 7) is 10.4. The molecule has 34 heavy (non-hydrogen) atoms. The summed E-state index contributed by atoms with van der Waals surface area (Å²) in [5, 5.41) is 11.2. The highest BCUT2D eigenvalue weighted by atomic mass is 32.2. The Hall–Kier alpha value is -2.59. The van der Waals surface area contributed by atoms with Gasteiger partial charge in [-0.2, -0.15) is 9.40 Å². The molecule has 1 aliphatic carbocycles. The summed E-state index contributed by atoms with van der Waals surface area (Å²) in [5.41, 5.74) is 2.19. The molecule has 0 saturated heterocycles. The van der Waals surface area contributed by atoms with E-state index in [1.165, 1.54) is 4.31 Å². The predicted octanol–water partition coefficient (Wildman–Crippen LogP) is 4.29. The second-order valence-corrected chi connectivity index (χ2v) is 12.6. The first-order valence-electron chi connectivity index (χ1n) is 11.8. The number of nitrogens with zero attached hydrogens (tertiary/aromatic N) is 3. The fourth-order valence-corrected chi connectivity index (χ4v) is 6.01. The molecular weight excluding hydrogens is 454 g/mol. The van der Waals surface area contributed by atoms with Gasteiger partial charge in [-0.3, -0.25) is 0 Å². The highest BCUT2D eigenvalue weighted by Crippen LogP contribution is 2.39. The van der Waals surface area contributed by atoms with Crippen LogP contribution in [-0.4, -0.2) is 47.8 Å². The largest absolute Gasteiger partial charge is 0.446 e. The van der Waals surface area contributed by atoms with Gasteiger partial charge in [0.15, 0.2) is 0 Å². The number of hydrogen-bond donors (Lipinski definition) is 2. The van der Waals surface area contributed by atoms with E-state index in [0.717, 1.165) is 42.0 Å². The predicted molar refractivity (Wildman–Crippen MR) is 131 cm³/mol. The number of fused-ring (bicyclic) bond motifs is 1. The molecule has 1 amide bonds. The van der Waals surface area contributed by atoms with Crippen LogP contribution in [0.3, 0.4) is 0 Å². The van der Waals surface area contributed by atoms with Crippen molar-refractivity contribution in [1.29, 1.82) is 0 Å². The lowest BCUT2D eigenvalue weighted by atomic mass is 10.0. The van der Waals surface area contributed by atoms with Crippen LogP contribution in [0.15, 0.2) is 29.2 Å². The fourth-order valence-electron chi connectivity index (χ4n) is 4.64. The Bertz CT molecular complexity index is 1180. The van der Waals surface area contributed by atoms with Crippen molar-refractivity contribution in [1.82, 2.24) is 19.4 Å². The van der Waals surface area contributed by atoms with Crippen LogP contribution in [-0.2, 0) is 26.8 Å². The van der Waals surface area contributed by atoms with Crippen molar-refractivity contribution < 1.29 is 17.9 Å². The first-order chi connectivity index (χ1) is 15.9. The maximum absolute atomic E-state index is 12.6. The summed E-state index contributed by atoms with van der Waals surface area (Å²) in [4.78, 5) is 12.3. The van der Waals surface area contributed by atoms with E-state index >= 15 is 0 Å². The van der Waals surface area contributed by atoms with E-state index < -0.39 is 10.0 Å². The zero-order chi connectivity index (χ0) is 24.8. The van der Waals surface area contributed by atoms with E-state index in [9.17, 15) is 13.2 Å².